The molecular weight excluding hydrogens is 316 g/mol. The summed E-state index contributed by atoms with van der Waals surface area (Å²) < 4.78 is 0.777. The molecule has 0 aromatic carbocycles. The van der Waals surface area contributed by atoms with Gasteiger partial charge in [-0.1, -0.05) is 19.3 Å². The molecule has 0 unspecified atom stereocenters. The molecule has 0 atom stereocenters. The number of rotatable bonds is 4. The van der Waals surface area contributed by atoms with Crippen LogP contribution in [-0.2, 0) is 0 Å². The van der Waals surface area contributed by atoms with Crippen LogP contribution in [0.25, 0.3) is 0 Å². The summed E-state index contributed by atoms with van der Waals surface area (Å²) in [4.78, 5) is 19.0. The number of hydrogen-bond acceptors (Lipinski definition) is 2. The summed E-state index contributed by atoms with van der Waals surface area (Å²) in [6.07, 6.45) is 10.6. The summed E-state index contributed by atoms with van der Waals surface area (Å²) in [6, 6.07) is 4.20. The lowest BCUT2D eigenvalue weighted by atomic mass is 9.89. The minimum Gasteiger partial charge on any atom is -0.335 e. The molecule has 3 rings (SSSR count). The average molecular weight is 337 g/mol. The molecule has 108 valence electrons. The van der Waals surface area contributed by atoms with Crippen LogP contribution in [0, 0.1) is 5.92 Å². The third-order valence-electron chi connectivity index (χ3n) is 4.40. The number of aromatic nitrogens is 1. The molecule has 4 heteroatoms. The molecule has 0 N–H and O–H groups in total. The Morgan fingerprint density at radius 3 is 2.55 bits per heavy atom. The summed E-state index contributed by atoms with van der Waals surface area (Å²) in [5.74, 6) is 0.870. The highest BCUT2D eigenvalue weighted by atomic mass is 79.9. The zero-order valence-corrected chi connectivity index (χ0v) is 13.3. The van der Waals surface area contributed by atoms with Crippen molar-refractivity contribution in [2.24, 2.45) is 5.92 Å². The molecule has 1 amide bonds. The van der Waals surface area contributed by atoms with Crippen LogP contribution in [0.15, 0.2) is 22.9 Å². The summed E-state index contributed by atoms with van der Waals surface area (Å²) >= 11 is 3.32. The van der Waals surface area contributed by atoms with Crippen LogP contribution in [0.3, 0.4) is 0 Å². The molecule has 0 spiro atoms. The molecular formula is C16H21BrN2O. The van der Waals surface area contributed by atoms with Crippen LogP contribution in [-0.4, -0.2) is 28.4 Å². The van der Waals surface area contributed by atoms with Crippen molar-refractivity contribution in [3.05, 3.63) is 28.5 Å². The lowest BCUT2D eigenvalue weighted by Crippen LogP contribution is -2.37. The number of nitrogens with zero attached hydrogens (tertiary/aromatic N) is 2. The third-order valence-corrected chi connectivity index (χ3v) is 4.87. The fourth-order valence-electron chi connectivity index (χ4n) is 3.10. The van der Waals surface area contributed by atoms with Gasteiger partial charge in [-0.3, -0.25) is 4.79 Å². The second kappa shape index (κ2) is 6.25. The van der Waals surface area contributed by atoms with Gasteiger partial charge >= 0.3 is 0 Å². The van der Waals surface area contributed by atoms with Crippen molar-refractivity contribution in [1.82, 2.24) is 9.88 Å². The molecule has 1 heterocycles. The van der Waals surface area contributed by atoms with E-state index >= 15 is 0 Å². The maximum absolute atomic E-state index is 12.7. The van der Waals surface area contributed by atoms with Gasteiger partial charge in [0.05, 0.1) is 5.56 Å². The summed E-state index contributed by atoms with van der Waals surface area (Å²) in [5, 5.41) is 0. The van der Waals surface area contributed by atoms with E-state index in [4.69, 9.17) is 0 Å². The highest BCUT2D eigenvalue weighted by molar-refractivity contribution is 9.10. The van der Waals surface area contributed by atoms with Gasteiger partial charge in [0.25, 0.3) is 5.91 Å². The number of carbonyl (C=O) groups excluding carboxylic acids is 1. The van der Waals surface area contributed by atoms with Crippen molar-refractivity contribution < 1.29 is 4.79 Å². The Kier molecular flexibility index (Phi) is 4.39. The largest absolute Gasteiger partial charge is 0.335 e. The van der Waals surface area contributed by atoms with E-state index in [1.165, 1.54) is 44.9 Å². The molecule has 2 aliphatic rings. The van der Waals surface area contributed by atoms with E-state index in [-0.39, 0.29) is 5.91 Å². The fourth-order valence-corrected chi connectivity index (χ4v) is 3.33. The van der Waals surface area contributed by atoms with Gasteiger partial charge in [-0.05, 0) is 59.7 Å². The smallest absolute Gasteiger partial charge is 0.255 e. The molecule has 3 nitrogen and oxygen atoms in total. The first-order chi connectivity index (χ1) is 9.74. The standard InChI is InChI=1S/C16H21BrN2O/c17-15-9-6-13(10-18-15)16(20)19(14-7-8-14)11-12-4-2-1-3-5-12/h6,9-10,12,14H,1-5,7-8,11H2. The quantitative estimate of drug-likeness (QED) is 0.777. The fraction of sp³-hybridized carbons (Fsp3) is 0.625. The second-order valence-electron chi connectivity index (χ2n) is 6.06. The molecule has 20 heavy (non-hydrogen) atoms. The van der Waals surface area contributed by atoms with E-state index < -0.39 is 0 Å². The highest BCUT2D eigenvalue weighted by Gasteiger charge is 2.34. The first kappa shape index (κ1) is 14.1. The van der Waals surface area contributed by atoms with E-state index in [0.717, 1.165) is 16.7 Å². The van der Waals surface area contributed by atoms with Gasteiger partial charge in [0.15, 0.2) is 0 Å². The van der Waals surface area contributed by atoms with Crippen molar-refractivity contribution in [3.8, 4) is 0 Å². The Bertz CT molecular complexity index is 464. The minimum atomic E-state index is 0.165. The predicted molar refractivity (Wildman–Crippen MR) is 82.6 cm³/mol. The molecule has 0 aliphatic heterocycles. The van der Waals surface area contributed by atoms with E-state index in [9.17, 15) is 4.79 Å². The molecule has 0 radical (unpaired) electrons. The molecule has 0 saturated heterocycles. The SMILES string of the molecule is O=C(c1ccc(Br)nc1)N(CC1CCCCC1)C1CC1. The zero-order chi connectivity index (χ0) is 13.9. The first-order valence-corrected chi connectivity index (χ1v) is 8.46. The van der Waals surface area contributed by atoms with Crippen molar-refractivity contribution in [2.75, 3.05) is 6.54 Å². The van der Waals surface area contributed by atoms with Crippen molar-refractivity contribution >= 4 is 21.8 Å². The summed E-state index contributed by atoms with van der Waals surface area (Å²) in [7, 11) is 0. The molecule has 0 bridgehead atoms. The van der Waals surface area contributed by atoms with Crippen LogP contribution in [0.5, 0.6) is 0 Å². The number of carbonyl (C=O) groups is 1. The van der Waals surface area contributed by atoms with Gasteiger partial charge in [0.1, 0.15) is 4.60 Å². The number of halogens is 1. The third kappa shape index (κ3) is 3.40. The molecule has 1 aromatic rings. The Hall–Kier alpha value is -0.900. The van der Waals surface area contributed by atoms with Gasteiger partial charge in [-0.15, -0.1) is 0 Å². The van der Waals surface area contributed by atoms with E-state index in [0.29, 0.717) is 12.0 Å². The van der Waals surface area contributed by atoms with Crippen LogP contribution < -0.4 is 0 Å². The number of pyridine rings is 1. The first-order valence-electron chi connectivity index (χ1n) is 7.66. The van der Waals surface area contributed by atoms with Gasteiger partial charge in [0.2, 0.25) is 0 Å². The maximum Gasteiger partial charge on any atom is 0.255 e. The Morgan fingerprint density at radius 2 is 1.95 bits per heavy atom. The topological polar surface area (TPSA) is 33.2 Å². The monoisotopic (exact) mass is 336 g/mol. The molecule has 2 aliphatic carbocycles. The average Bonchev–Trinajstić information content (AvgIpc) is 3.30. The zero-order valence-electron chi connectivity index (χ0n) is 11.7. The molecule has 2 saturated carbocycles. The predicted octanol–water partition coefficient (Wildman–Crippen LogP) is 4.03. The van der Waals surface area contributed by atoms with Crippen LogP contribution in [0.2, 0.25) is 0 Å². The minimum absolute atomic E-state index is 0.165. The van der Waals surface area contributed by atoms with Gasteiger partial charge in [0, 0.05) is 18.8 Å². The van der Waals surface area contributed by atoms with Crippen molar-refractivity contribution in [1.29, 1.82) is 0 Å². The lowest BCUT2D eigenvalue weighted by Gasteiger charge is -2.30. The number of amides is 1. The van der Waals surface area contributed by atoms with Crippen LogP contribution in [0.4, 0.5) is 0 Å². The van der Waals surface area contributed by atoms with Crippen LogP contribution >= 0.6 is 15.9 Å². The van der Waals surface area contributed by atoms with Crippen molar-refractivity contribution in [3.63, 3.8) is 0 Å². The molecule has 1 aromatic heterocycles. The Labute approximate surface area is 128 Å². The van der Waals surface area contributed by atoms with E-state index in [2.05, 4.69) is 25.8 Å². The highest BCUT2D eigenvalue weighted by Crippen LogP contribution is 2.32. The summed E-state index contributed by atoms with van der Waals surface area (Å²) in [6.45, 7) is 0.944. The normalized spacial score (nSPS) is 19.9. The van der Waals surface area contributed by atoms with Crippen LogP contribution in [0.1, 0.15) is 55.3 Å². The van der Waals surface area contributed by atoms with Gasteiger partial charge in [-0.2, -0.15) is 0 Å². The summed E-state index contributed by atoms with van der Waals surface area (Å²) in [5.41, 5.74) is 0.718. The van der Waals surface area contributed by atoms with Gasteiger partial charge in [-0.25, -0.2) is 4.98 Å². The van der Waals surface area contributed by atoms with E-state index in [1.54, 1.807) is 6.20 Å². The second-order valence-corrected chi connectivity index (χ2v) is 6.87. The maximum atomic E-state index is 12.7. The Balaban J connectivity index is 1.69. The van der Waals surface area contributed by atoms with Crippen molar-refractivity contribution in [2.45, 2.75) is 51.0 Å². The number of hydrogen-bond donors (Lipinski definition) is 0. The molecule has 2 fully saturated rings. The van der Waals surface area contributed by atoms with Gasteiger partial charge < -0.3 is 4.90 Å². The lowest BCUT2D eigenvalue weighted by molar-refractivity contribution is 0.0698. The van der Waals surface area contributed by atoms with E-state index in [1.807, 2.05) is 12.1 Å². The Morgan fingerprint density at radius 1 is 1.20 bits per heavy atom.